The Hall–Kier alpha value is -3.97. The second kappa shape index (κ2) is 11.6. The van der Waals surface area contributed by atoms with Crippen LogP contribution in [-0.4, -0.2) is 39.7 Å². The summed E-state index contributed by atoms with van der Waals surface area (Å²) in [6.07, 6.45) is 6.32. The molecule has 6 nitrogen and oxygen atoms in total. The highest BCUT2D eigenvalue weighted by Crippen LogP contribution is 2.34. The summed E-state index contributed by atoms with van der Waals surface area (Å²) in [4.78, 5) is 21.6. The predicted octanol–water partition coefficient (Wildman–Crippen LogP) is 4.94. The van der Waals surface area contributed by atoms with Crippen LogP contribution in [0.4, 0.5) is 4.39 Å². The lowest BCUT2D eigenvalue weighted by Gasteiger charge is -2.35. The van der Waals surface area contributed by atoms with Crippen LogP contribution in [0.1, 0.15) is 34.6 Å². The van der Waals surface area contributed by atoms with E-state index >= 15 is 0 Å². The van der Waals surface area contributed by atoms with E-state index in [2.05, 4.69) is 65.0 Å². The first-order valence-corrected chi connectivity index (χ1v) is 12.0. The molecule has 0 unspecified atom stereocenters. The first-order valence-electron chi connectivity index (χ1n) is 12.0. The highest BCUT2D eigenvalue weighted by Gasteiger charge is 2.29. The Morgan fingerprint density at radius 1 is 0.944 bits per heavy atom. The molecule has 1 heterocycles. The summed E-state index contributed by atoms with van der Waals surface area (Å²) in [6.45, 7) is 0.953. The third kappa shape index (κ3) is 6.17. The maximum absolute atomic E-state index is 13.4. The molecule has 36 heavy (non-hydrogen) atoms. The largest absolute Gasteiger partial charge is 0.473 e. The maximum atomic E-state index is 13.4. The fourth-order valence-corrected chi connectivity index (χ4v) is 4.95. The van der Waals surface area contributed by atoms with Crippen LogP contribution in [0.25, 0.3) is 10.9 Å². The zero-order chi connectivity index (χ0) is 25.5. The molecule has 4 N–H and O–H groups in total. The summed E-state index contributed by atoms with van der Waals surface area (Å²) in [5, 5.41) is 20.0. The average molecular weight is 489 g/mol. The van der Waals surface area contributed by atoms with Gasteiger partial charge in [0.1, 0.15) is 5.82 Å². The molecule has 5 rings (SSSR count). The van der Waals surface area contributed by atoms with Crippen LogP contribution in [0, 0.1) is 5.82 Å². The molecule has 0 radical (unpaired) electrons. The quantitative estimate of drug-likeness (QED) is 0.288. The van der Waals surface area contributed by atoms with Crippen molar-refractivity contribution in [3.8, 4) is 0 Å². The summed E-state index contributed by atoms with van der Waals surface area (Å²) >= 11 is 0. The number of carbonyl (C=O) groups is 2. The van der Waals surface area contributed by atoms with Gasteiger partial charge in [0.05, 0.1) is 0 Å². The molecule has 0 fully saturated rings. The summed E-state index contributed by atoms with van der Waals surface area (Å²) < 4.78 is 13.4. The van der Waals surface area contributed by atoms with Gasteiger partial charge in [-0.3, -0.25) is 0 Å². The van der Waals surface area contributed by atoms with Crippen molar-refractivity contribution < 1.29 is 24.2 Å². The number of rotatable bonds is 6. The lowest BCUT2D eigenvalue weighted by Crippen LogP contribution is -2.40. The first-order chi connectivity index (χ1) is 17.4. The molecule has 1 aliphatic rings. The number of carboxylic acids is 2. The van der Waals surface area contributed by atoms with Gasteiger partial charge in [0.2, 0.25) is 0 Å². The van der Waals surface area contributed by atoms with Gasteiger partial charge in [-0.15, -0.1) is 0 Å². The molecule has 0 spiro atoms. The Balaban J connectivity index is 0.000000455. The summed E-state index contributed by atoms with van der Waals surface area (Å²) in [7, 11) is 0. The number of aryl methyl sites for hydroxylation is 1. The van der Waals surface area contributed by atoms with Crippen LogP contribution < -0.4 is 5.32 Å². The normalized spacial score (nSPS) is 16.6. The van der Waals surface area contributed by atoms with Crippen LogP contribution in [0.5, 0.6) is 0 Å². The topological polar surface area (TPSA) is 102 Å². The molecule has 4 aromatic rings. The zero-order valence-electron chi connectivity index (χ0n) is 19.8. The third-order valence-corrected chi connectivity index (χ3v) is 6.69. The Morgan fingerprint density at radius 3 is 2.39 bits per heavy atom. The third-order valence-electron chi connectivity index (χ3n) is 6.69. The lowest BCUT2D eigenvalue weighted by molar-refractivity contribution is -0.159. The Bertz CT molecular complexity index is 1320. The van der Waals surface area contributed by atoms with Gasteiger partial charge in [0.15, 0.2) is 0 Å². The van der Waals surface area contributed by atoms with Crippen LogP contribution in [-0.2, 0) is 28.9 Å². The van der Waals surface area contributed by atoms with Crippen molar-refractivity contribution in [2.24, 2.45) is 0 Å². The van der Waals surface area contributed by atoms with Crippen molar-refractivity contribution >= 4 is 22.8 Å². The number of carboxylic acid groups (broad SMARTS) is 2. The van der Waals surface area contributed by atoms with E-state index < -0.39 is 11.9 Å². The zero-order valence-corrected chi connectivity index (χ0v) is 19.8. The van der Waals surface area contributed by atoms with E-state index in [-0.39, 0.29) is 5.82 Å². The second-order valence-corrected chi connectivity index (χ2v) is 8.95. The first kappa shape index (κ1) is 25.1. The lowest BCUT2D eigenvalue weighted by atomic mass is 9.76. The number of hydrogen-bond acceptors (Lipinski definition) is 3. The summed E-state index contributed by atoms with van der Waals surface area (Å²) in [5.74, 6) is -3.41. The minimum absolute atomic E-state index is 0.170. The van der Waals surface area contributed by atoms with Gasteiger partial charge in [0.25, 0.3) is 0 Å². The molecular formula is C29H29FN2O4. The number of para-hydroxylation sites is 1. The fourth-order valence-electron chi connectivity index (χ4n) is 4.95. The molecule has 3 aromatic carbocycles. The number of halogens is 1. The predicted molar refractivity (Wildman–Crippen MR) is 137 cm³/mol. The molecule has 1 aromatic heterocycles. The fraction of sp³-hybridized carbons (Fsp3) is 0.241. The number of aromatic amines is 1. The van der Waals surface area contributed by atoms with Crippen molar-refractivity contribution in [3.05, 3.63) is 107 Å². The Morgan fingerprint density at radius 2 is 1.64 bits per heavy atom. The Labute approximate surface area is 208 Å². The number of hydrogen-bond donors (Lipinski definition) is 4. The molecule has 0 amide bonds. The van der Waals surface area contributed by atoms with Crippen molar-refractivity contribution in [2.45, 2.75) is 37.6 Å². The SMILES string of the molecule is Fc1ccc(C[C@@H]2c3ccccc3CC[C@H]2NCCc2c[nH]c3ccccc23)cc1.O=C(O)C(=O)O. The van der Waals surface area contributed by atoms with Crippen LogP contribution in [0.15, 0.2) is 79.0 Å². The minimum atomic E-state index is -1.82. The van der Waals surface area contributed by atoms with Gasteiger partial charge in [-0.1, -0.05) is 54.6 Å². The van der Waals surface area contributed by atoms with Gasteiger partial charge in [0, 0.05) is 29.1 Å². The van der Waals surface area contributed by atoms with Crippen molar-refractivity contribution in [2.75, 3.05) is 6.54 Å². The van der Waals surface area contributed by atoms with E-state index in [1.165, 1.54) is 33.2 Å². The smallest absolute Gasteiger partial charge is 0.414 e. The highest BCUT2D eigenvalue weighted by molar-refractivity contribution is 6.27. The van der Waals surface area contributed by atoms with Crippen LogP contribution >= 0.6 is 0 Å². The average Bonchev–Trinajstić information content (AvgIpc) is 3.30. The number of aromatic nitrogens is 1. The second-order valence-electron chi connectivity index (χ2n) is 8.95. The Kier molecular flexibility index (Phi) is 8.13. The molecule has 186 valence electrons. The standard InChI is InChI=1S/C27H27FN2.C2H2O4/c28-22-12-9-19(10-13-22)17-25-23-6-2-1-5-20(23)11-14-27(25)29-16-15-21-18-30-26-8-4-3-7-24(21)26;3-1(4)2(5)6/h1-10,12-13,18,25,27,29-30H,11,14-17H2;(H,3,4)(H,5,6)/t25-,27-;/m1./s1. The molecule has 7 heteroatoms. The minimum Gasteiger partial charge on any atom is -0.473 e. The van der Waals surface area contributed by atoms with Gasteiger partial charge < -0.3 is 20.5 Å². The summed E-state index contributed by atoms with van der Waals surface area (Å²) in [5.41, 5.74) is 6.66. The van der Waals surface area contributed by atoms with E-state index in [0.717, 1.165) is 32.2 Å². The van der Waals surface area contributed by atoms with Crippen LogP contribution in [0.2, 0.25) is 0 Å². The number of fused-ring (bicyclic) bond motifs is 2. The van der Waals surface area contributed by atoms with E-state index in [1.807, 2.05) is 12.1 Å². The molecule has 2 atom stereocenters. The highest BCUT2D eigenvalue weighted by atomic mass is 19.1. The van der Waals surface area contributed by atoms with Gasteiger partial charge in [-0.05, 0) is 72.7 Å². The molecule has 0 saturated carbocycles. The summed E-state index contributed by atoms with van der Waals surface area (Å²) in [6, 6.07) is 24.7. The number of nitrogens with one attached hydrogen (secondary N) is 2. The van der Waals surface area contributed by atoms with Crippen LogP contribution in [0.3, 0.4) is 0 Å². The maximum Gasteiger partial charge on any atom is 0.414 e. The van der Waals surface area contributed by atoms with Crippen molar-refractivity contribution in [3.63, 3.8) is 0 Å². The van der Waals surface area contributed by atoms with Crippen molar-refractivity contribution in [1.82, 2.24) is 10.3 Å². The van der Waals surface area contributed by atoms with E-state index in [1.54, 1.807) is 12.1 Å². The monoisotopic (exact) mass is 488 g/mol. The van der Waals surface area contributed by atoms with E-state index in [4.69, 9.17) is 19.8 Å². The molecule has 0 saturated heterocycles. The number of H-pyrrole nitrogens is 1. The molecular weight excluding hydrogens is 459 g/mol. The van der Waals surface area contributed by atoms with Gasteiger partial charge in [-0.25, -0.2) is 14.0 Å². The van der Waals surface area contributed by atoms with E-state index in [0.29, 0.717) is 12.0 Å². The van der Waals surface area contributed by atoms with Gasteiger partial charge >= 0.3 is 11.9 Å². The molecule has 0 bridgehead atoms. The number of aliphatic carboxylic acids is 2. The van der Waals surface area contributed by atoms with Crippen molar-refractivity contribution in [1.29, 1.82) is 0 Å². The number of benzene rings is 3. The molecule has 0 aliphatic heterocycles. The molecule has 1 aliphatic carbocycles. The van der Waals surface area contributed by atoms with E-state index in [9.17, 15) is 4.39 Å². The van der Waals surface area contributed by atoms with Gasteiger partial charge in [-0.2, -0.15) is 0 Å².